The minimum Gasteiger partial charge on any atom is -0.497 e. The molecule has 0 aliphatic heterocycles. The molecule has 2 heterocycles. The minimum absolute atomic E-state index is 0.1000. The number of carbonyl (C=O) groups is 1. The van der Waals surface area contributed by atoms with Gasteiger partial charge in [0, 0.05) is 25.0 Å². The summed E-state index contributed by atoms with van der Waals surface area (Å²) >= 11 is 0. The predicted molar refractivity (Wildman–Crippen MR) is 131 cm³/mol. The van der Waals surface area contributed by atoms with E-state index in [-0.39, 0.29) is 11.5 Å². The maximum absolute atomic E-state index is 12.9. The van der Waals surface area contributed by atoms with Crippen LogP contribution in [0.5, 0.6) is 5.75 Å². The highest BCUT2D eigenvalue weighted by Gasteiger charge is 2.22. The molecule has 0 saturated heterocycles. The predicted octanol–water partition coefficient (Wildman–Crippen LogP) is 3.23. The Morgan fingerprint density at radius 3 is 2.76 bits per heavy atom. The molecule has 4 rings (SSSR count). The van der Waals surface area contributed by atoms with Crippen molar-refractivity contribution < 1.29 is 9.53 Å². The first-order valence-corrected chi connectivity index (χ1v) is 11.9. The molecule has 178 valence electrons. The van der Waals surface area contributed by atoms with Crippen molar-refractivity contribution in [1.82, 2.24) is 24.6 Å². The van der Waals surface area contributed by atoms with Crippen molar-refractivity contribution in [3.8, 4) is 5.75 Å². The molecule has 1 aromatic carbocycles. The average Bonchev–Trinajstić information content (AvgIpc) is 3.30. The zero-order valence-electron chi connectivity index (χ0n) is 20.1. The number of aryl methyl sites for hydroxylation is 1. The van der Waals surface area contributed by atoms with Gasteiger partial charge in [-0.15, -0.1) is 0 Å². The normalized spacial score (nSPS) is 15.9. The van der Waals surface area contributed by atoms with E-state index in [4.69, 9.17) is 4.74 Å². The van der Waals surface area contributed by atoms with Crippen LogP contribution < -0.4 is 15.6 Å². The maximum atomic E-state index is 12.9. The second kappa shape index (κ2) is 9.95. The Kier molecular flexibility index (Phi) is 7.02. The molecule has 1 unspecified atom stereocenters. The Balaban J connectivity index is 1.49. The first kappa shape index (κ1) is 23.3. The quantitative estimate of drug-likeness (QED) is 0.530. The molecule has 1 fully saturated rings. The zero-order chi connectivity index (χ0) is 23.5. The van der Waals surface area contributed by atoms with Gasteiger partial charge in [0.25, 0.3) is 5.56 Å². The standard InChI is InChI=1S/C25H35N5O3/c1-17(24(31)26-13-8-14-28(2)18-9-6-5-7-10-18)30-23-20-15-19(33-4)11-12-22(20)29(3)25(32)21(23)16-27-30/h11-12,15-18H,5-10,13-14H2,1-4H3,(H,26,31). The van der Waals surface area contributed by atoms with Gasteiger partial charge in [-0.2, -0.15) is 5.10 Å². The van der Waals surface area contributed by atoms with Crippen LogP contribution >= 0.6 is 0 Å². The number of benzene rings is 1. The molecule has 2 aromatic heterocycles. The van der Waals surface area contributed by atoms with Gasteiger partial charge in [0.15, 0.2) is 0 Å². The maximum Gasteiger partial charge on any atom is 0.261 e. The van der Waals surface area contributed by atoms with Crippen molar-refractivity contribution in [1.29, 1.82) is 0 Å². The van der Waals surface area contributed by atoms with Gasteiger partial charge in [-0.25, -0.2) is 0 Å². The molecule has 1 N–H and O–H groups in total. The van der Waals surface area contributed by atoms with Gasteiger partial charge in [0.1, 0.15) is 11.8 Å². The number of ether oxygens (including phenoxy) is 1. The number of hydrogen-bond acceptors (Lipinski definition) is 5. The number of aromatic nitrogens is 3. The van der Waals surface area contributed by atoms with E-state index in [2.05, 4.69) is 22.4 Å². The summed E-state index contributed by atoms with van der Waals surface area (Å²) in [5, 5.41) is 8.81. The molecular formula is C25H35N5O3. The lowest BCUT2D eigenvalue weighted by molar-refractivity contribution is -0.124. The SMILES string of the molecule is COc1ccc2c(c1)c1c(cnn1C(C)C(=O)NCCCN(C)C1CCCCC1)c(=O)n2C. The fraction of sp³-hybridized carbons (Fsp3) is 0.560. The molecule has 1 aliphatic rings. The van der Waals surface area contributed by atoms with Crippen molar-refractivity contribution in [2.75, 3.05) is 27.2 Å². The average molecular weight is 454 g/mol. The lowest BCUT2D eigenvalue weighted by Crippen LogP contribution is -2.37. The summed E-state index contributed by atoms with van der Waals surface area (Å²) in [7, 11) is 5.55. The van der Waals surface area contributed by atoms with E-state index in [9.17, 15) is 9.59 Å². The second-order valence-electron chi connectivity index (χ2n) is 9.19. The lowest BCUT2D eigenvalue weighted by Gasteiger charge is -2.31. The Morgan fingerprint density at radius 2 is 2.03 bits per heavy atom. The molecule has 1 aliphatic carbocycles. The highest BCUT2D eigenvalue weighted by Crippen LogP contribution is 2.28. The first-order valence-electron chi connectivity index (χ1n) is 11.9. The van der Waals surface area contributed by atoms with E-state index in [0.29, 0.717) is 29.2 Å². The molecule has 3 aromatic rings. The van der Waals surface area contributed by atoms with Crippen molar-refractivity contribution in [2.24, 2.45) is 7.05 Å². The molecule has 1 amide bonds. The number of nitrogens with one attached hydrogen (secondary N) is 1. The smallest absolute Gasteiger partial charge is 0.261 e. The fourth-order valence-electron chi connectivity index (χ4n) is 5.00. The fourth-order valence-corrected chi connectivity index (χ4v) is 5.00. The number of pyridine rings is 1. The van der Waals surface area contributed by atoms with Crippen LogP contribution in [0.4, 0.5) is 0 Å². The number of nitrogens with zero attached hydrogens (tertiary/aromatic N) is 4. The van der Waals surface area contributed by atoms with Gasteiger partial charge in [0.05, 0.1) is 29.7 Å². The summed E-state index contributed by atoms with van der Waals surface area (Å²) in [6, 6.07) is 5.71. The van der Waals surface area contributed by atoms with Crippen LogP contribution in [0.3, 0.4) is 0 Å². The number of hydrogen-bond donors (Lipinski definition) is 1. The Hall–Kier alpha value is -2.87. The zero-order valence-corrected chi connectivity index (χ0v) is 20.1. The van der Waals surface area contributed by atoms with Crippen LogP contribution in [0.25, 0.3) is 21.8 Å². The minimum atomic E-state index is -0.542. The van der Waals surface area contributed by atoms with Gasteiger partial charge >= 0.3 is 0 Å². The summed E-state index contributed by atoms with van der Waals surface area (Å²) in [6.45, 7) is 3.42. The second-order valence-corrected chi connectivity index (χ2v) is 9.19. The van der Waals surface area contributed by atoms with Crippen molar-refractivity contribution in [3.63, 3.8) is 0 Å². The molecule has 33 heavy (non-hydrogen) atoms. The van der Waals surface area contributed by atoms with Gasteiger partial charge in [-0.3, -0.25) is 14.3 Å². The summed E-state index contributed by atoms with van der Waals surface area (Å²) in [6.07, 6.45) is 9.03. The van der Waals surface area contributed by atoms with Gasteiger partial charge in [-0.05, 0) is 58.0 Å². The Labute approximate surface area is 194 Å². The highest BCUT2D eigenvalue weighted by atomic mass is 16.5. The van der Waals surface area contributed by atoms with Crippen molar-refractivity contribution in [2.45, 2.75) is 57.5 Å². The number of fused-ring (bicyclic) bond motifs is 3. The molecule has 0 spiro atoms. The monoisotopic (exact) mass is 453 g/mol. The molecule has 0 radical (unpaired) electrons. The van der Waals surface area contributed by atoms with Crippen LogP contribution in [0, 0.1) is 0 Å². The van der Waals surface area contributed by atoms with Crippen molar-refractivity contribution >= 4 is 27.7 Å². The number of amides is 1. The third kappa shape index (κ3) is 4.62. The van der Waals surface area contributed by atoms with Gasteiger partial charge in [0.2, 0.25) is 5.91 Å². The molecule has 1 saturated carbocycles. The topological polar surface area (TPSA) is 81.4 Å². The Bertz CT molecular complexity index is 1190. The van der Waals surface area contributed by atoms with Crippen LogP contribution in [-0.4, -0.2) is 58.4 Å². The highest BCUT2D eigenvalue weighted by molar-refractivity contribution is 6.04. The lowest BCUT2D eigenvalue weighted by atomic mass is 9.94. The van der Waals surface area contributed by atoms with E-state index in [1.807, 2.05) is 25.1 Å². The van der Waals surface area contributed by atoms with Crippen LogP contribution in [-0.2, 0) is 11.8 Å². The number of methoxy groups -OCH3 is 1. The third-order valence-electron chi connectivity index (χ3n) is 7.08. The molecular weight excluding hydrogens is 418 g/mol. The molecule has 0 bridgehead atoms. The van der Waals surface area contributed by atoms with Gasteiger partial charge < -0.3 is 19.5 Å². The Morgan fingerprint density at radius 1 is 1.27 bits per heavy atom. The van der Waals surface area contributed by atoms with Crippen LogP contribution in [0.2, 0.25) is 0 Å². The molecule has 8 heteroatoms. The van der Waals surface area contributed by atoms with E-state index >= 15 is 0 Å². The van der Waals surface area contributed by atoms with Crippen LogP contribution in [0.15, 0.2) is 29.2 Å². The summed E-state index contributed by atoms with van der Waals surface area (Å²) in [4.78, 5) is 28.3. The number of rotatable bonds is 8. The number of carbonyl (C=O) groups excluding carboxylic acids is 1. The van der Waals surface area contributed by atoms with E-state index in [0.717, 1.165) is 23.9 Å². The summed E-state index contributed by atoms with van der Waals surface area (Å²) < 4.78 is 8.66. The van der Waals surface area contributed by atoms with E-state index < -0.39 is 6.04 Å². The first-order chi connectivity index (χ1) is 15.9. The van der Waals surface area contributed by atoms with E-state index in [1.54, 1.807) is 29.6 Å². The summed E-state index contributed by atoms with van der Waals surface area (Å²) in [5.74, 6) is 0.589. The van der Waals surface area contributed by atoms with Crippen molar-refractivity contribution in [3.05, 3.63) is 34.7 Å². The molecule has 1 atom stereocenters. The largest absolute Gasteiger partial charge is 0.497 e. The summed E-state index contributed by atoms with van der Waals surface area (Å²) in [5.41, 5.74) is 1.30. The van der Waals surface area contributed by atoms with E-state index in [1.165, 1.54) is 32.1 Å². The van der Waals surface area contributed by atoms with Crippen LogP contribution in [0.1, 0.15) is 51.5 Å². The van der Waals surface area contributed by atoms with Gasteiger partial charge in [-0.1, -0.05) is 19.3 Å². The third-order valence-corrected chi connectivity index (χ3v) is 7.08. The molecule has 8 nitrogen and oxygen atoms in total.